The second-order valence-corrected chi connectivity index (χ2v) is 6.49. The first-order valence-electron chi connectivity index (χ1n) is 8.59. The molecule has 0 aliphatic heterocycles. The fraction of sp³-hybridized carbons (Fsp3) is 0.100. The summed E-state index contributed by atoms with van der Waals surface area (Å²) in [5.74, 6) is 0.389. The Balaban J connectivity index is 1.59. The van der Waals surface area contributed by atoms with Crippen molar-refractivity contribution in [3.63, 3.8) is 0 Å². The summed E-state index contributed by atoms with van der Waals surface area (Å²) >= 11 is 6.11. The van der Waals surface area contributed by atoms with E-state index < -0.39 is 4.92 Å². The summed E-state index contributed by atoms with van der Waals surface area (Å²) in [7, 11) is 0. The number of non-ortho nitro benzene ring substituents is 1. The van der Waals surface area contributed by atoms with Crippen LogP contribution in [0.1, 0.15) is 11.3 Å². The monoisotopic (exact) mass is 412 g/mol. The van der Waals surface area contributed by atoms with E-state index in [9.17, 15) is 14.9 Å². The zero-order chi connectivity index (χ0) is 20.8. The van der Waals surface area contributed by atoms with E-state index in [1.165, 1.54) is 24.4 Å². The molecule has 0 aliphatic carbocycles. The molecule has 0 spiro atoms. The van der Waals surface area contributed by atoms with Crippen LogP contribution in [0.4, 0.5) is 11.4 Å². The lowest BCUT2D eigenvalue weighted by Gasteiger charge is -2.07. The Labute approximate surface area is 171 Å². The van der Waals surface area contributed by atoms with Crippen LogP contribution in [0.15, 0.2) is 64.1 Å². The second-order valence-electron chi connectivity index (χ2n) is 6.08. The normalized spacial score (nSPS) is 10.8. The second kappa shape index (κ2) is 9.03. The van der Waals surface area contributed by atoms with Crippen LogP contribution in [-0.4, -0.2) is 23.6 Å². The first-order chi connectivity index (χ1) is 13.9. The maximum atomic E-state index is 11.9. The summed E-state index contributed by atoms with van der Waals surface area (Å²) in [6.07, 6.45) is 1.33. The minimum Gasteiger partial charge on any atom is -0.455 e. The third-order valence-electron chi connectivity index (χ3n) is 4.02. The Morgan fingerprint density at radius 3 is 2.79 bits per heavy atom. The van der Waals surface area contributed by atoms with Crippen LogP contribution in [0.3, 0.4) is 0 Å². The van der Waals surface area contributed by atoms with Gasteiger partial charge >= 0.3 is 0 Å². The van der Waals surface area contributed by atoms with E-state index in [0.717, 1.165) is 11.3 Å². The van der Waals surface area contributed by atoms with E-state index in [1.807, 2.05) is 31.2 Å². The van der Waals surface area contributed by atoms with Gasteiger partial charge in [-0.15, -0.1) is 0 Å². The SMILES string of the molecule is Cc1ccccc1NCC(=O)N/N=C\c1ccc(-c2cc([N+](=O)[O-])ccc2Cl)o1. The number of para-hydroxylation sites is 1. The van der Waals surface area contributed by atoms with Gasteiger partial charge in [-0.05, 0) is 36.8 Å². The summed E-state index contributed by atoms with van der Waals surface area (Å²) in [4.78, 5) is 22.3. The van der Waals surface area contributed by atoms with E-state index in [2.05, 4.69) is 15.8 Å². The Hall–Kier alpha value is -3.65. The molecule has 2 N–H and O–H groups in total. The number of aryl methyl sites for hydroxylation is 1. The third kappa shape index (κ3) is 5.20. The predicted molar refractivity (Wildman–Crippen MR) is 111 cm³/mol. The van der Waals surface area contributed by atoms with E-state index in [-0.39, 0.29) is 18.1 Å². The highest BCUT2D eigenvalue weighted by Crippen LogP contribution is 2.32. The third-order valence-corrected chi connectivity index (χ3v) is 4.35. The number of nitro benzene ring substituents is 1. The van der Waals surface area contributed by atoms with Gasteiger partial charge in [0.05, 0.1) is 22.7 Å². The van der Waals surface area contributed by atoms with Gasteiger partial charge in [0.25, 0.3) is 11.6 Å². The number of hydrazone groups is 1. The number of nitro groups is 1. The van der Waals surface area contributed by atoms with E-state index in [4.69, 9.17) is 16.0 Å². The zero-order valence-electron chi connectivity index (χ0n) is 15.4. The summed E-state index contributed by atoms with van der Waals surface area (Å²) < 4.78 is 5.59. The van der Waals surface area contributed by atoms with E-state index in [1.54, 1.807) is 12.1 Å². The maximum Gasteiger partial charge on any atom is 0.270 e. The van der Waals surface area contributed by atoms with Gasteiger partial charge in [0.15, 0.2) is 0 Å². The molecule has 8 nitrogen and oxygen atoms in total. The number of carbonyl (C=O) groups excluding carboxylic acids is 1. The molecular weight excluding hydrogens is 396 g/mol. The van der Waals surface area contributed by atoms with Gasteiger partial charge in [0.2, 0.25) is 0 Å². The average molecular weight is 413 g/mol. The predicted octanol–water partition coefficient (Wildman–Crippen LogP) is 4.38. The molecule has 0 aliphatic rings. The molecule has 0 unspecified atom stereocenters. The number of furan rings is 1. The molecule has 2 aromatic carbocycles. The van der Waals surface area contributed by atoms with Gasteiger partial charge < -0.3 is 9.73 Å². The molecule has 0 fully saturated rings. The van der Waals surface area contributed by atoms with Crippen molar-refractivity contribution in [1.82, 2.24) is 5.43 Å². The Bertz CT molecular complexity index is 1080. The molecule has 1 amide bonds. The number of nitrogens with one attached hydrogen (secondary N) is 2. The van der Waals surface area contributed by atoms with Crippen molar-refractivity contribution in [3.05, 3.63) is 81.1 Å². The number of anilines is 1. The standard InChI is InChI=1S/C20H17ClN4O4/c1-13-4-2-3-5-18(13)22-12-20(26)24-23-11-15-7-9-19(29-15)16-10-14(25(27)28)6-8-17(16)21/h2-11,22H,12H2,1H3,(H,24,26)/b23-11-. The number of rotatable bonds is 7. The highest BCUT2D eigenvalue weighted by molar-refractivity contribution is 6.33. The molecule has 1 heterocycles. The minimum absolute atomic E-state index is 0.0644. The Morgan fingerprint density at radius 2 is 2.03 bits per heavy atom. The van der Waals surface area contributed by atoms with Crippen LogP contribution in [0.5, 0.6) is 0 Å². The fourth-order valence-electron chi connectivity index (χ4n) is 2.54. The number of hydrogen-bond donors (Lipinski definition) is 2. The Morgan fingerprint density at radius 1 is 1.24 bits per heavy atom. The zero-order valence-corrected chi connectivity index (χ0v) is 16.1. The van der Waals surface area contributed by atoms with Gasteiger partial charge in [-0.2, -0.15) is 5.10 Å². The number of benzene rings is 2. The fourth-order valence-corrected chi connectivity index (χ4v) is 2.75. The average Bonchev–Trinajstić information content (AvgIpc) is 3.16. The molecule has 0 bridgehead atoms. The summed E-state index contributed by atoms with van der Waals surface area (Å²) in [6, 6.07) is 15.0. The van der Waals surface area contributed by atoms with Crippen molar-refractivity contribution in [2.75, 3.05) is 11.9 Å². The molecule has 0 atom stereocenters. The molecule has 0 saturated heterocycles. The molecule has 1 aromatic heterocycles. The molecule has 3 aromatic rings. The lowest BCUT2D eigenvalue weighted by Crippen LogP contribution is -2.26. The number of carbonyl (C=O) groups is 1. The molecule has 3 rings (SSSR count). The molecule has 0 saturated carbocycles. The van der Waals surface area contributed by atoms with Crippen LogP contribution in [0, 0.1) is 17.0 Å². The number of nitrogens with zero attached hydrogens (tertiary/aromatic N) is 2. The van der Waals surface area contributed by atoms with Crippen LogP contribution < -0.4 is 10.7 Å². The number of halogens is 1. The Kier molecular flexibility index (Phi) is 6.25. The molecular formula is C20H17ClN4O4. The smallest absolute Gasteiger partial charge is 0.270 e. The van der Waals surface area contributed by atoms with Gasteiger partial charge in [-0.1, -0.05) is 29.8 Å². The van der Waals surface area contributed by atoms with E-state index in [0.29, 0.717) is 22.1 Å². The van der Waals surface area contributed by atoms with Crippen molar-refractivity contribution < 1.29 is 14.1 Å². The molecule has 0 radical (unpaired) electrons. The maximum absolute atomic E-state index is 11.9. The van der Waals surface area contributed by atoms with Gasteiger partial charge in [-0.3, -0.25) is 14.9 Å². The summed E-state index contributed by atoms with van der Waals surface area (Å²) in [5, 5.41) is 18.1. The van der Waals surface area contributed by atoms with E-state index >= 15 is 0 Å². The highest BCUT2D eigenvalue weighted by atomic mass is 35.5. The number of amides is 1. The van der Waals surface area contributed by atoms with Crippen LogP contribution >= 0.6 is 11.6 Å². The van der Waals surface area contributed by atoms with Crippen LogP contribution in [0.25, 0.3) is 11.3 Å². The lowest BCUT2D eigenvalue weighted by atomic mass is 10.1. The van der Waals surface area contributed by atoms with Crippen LogP contribution in [-0.2, 0) is 4.79 Å². The van der Waals surface area contributed by atoms with Gasteiger partial charge in [-0.25, -0.2) is 5.43 Å². The van der Waals surface area contributed by atoms with Gasteiger partial charge in [0, 0.05) is 23.4 Å². The van der Waals surface area contributed by atoms with Crippen LogP contribution in [0.2, 0.25) is 5.02 Å². The molecule has 148 valence electrons. The highest BCUT2D eigenvalue weighted by Gasteiger charge is 2.14. The summed E-state index contributed by atoms with van der Waals surface area (Å²) in [6.45, 7) is 2.01. The molecule has 29 heavy (non-hydrogen) atoms. The topological polar surface area (TPSA) is 110 Å². The quantitative estimate of drug-likeness (QED) is 0.340. The first kappa shape index (κ1) is 20.1. The number of hydrogen-bond acceptors (Lipinski definition) is 6. The minimum atomic E-state index is -0.508. The lowest BCUT2D eigenvalue weighted by molar-refractivity contribution is -0.384. The largest absolute Gasteiger partial charge is 0.455 e. The van der Waals surface area contributed by atoms with Gasteiger partial charge in [0.1, 0.15) is 11.5 Å². The van der Waals surface area contributed by atoms with Crippen molar-refractivity contribution >= 4 is 35.1 Å². The summed E-state index contributed by atoms with van der Waals surface area (Å²) in [5.41, 5.74) is 4.61. The van der Waals surface area contributed by atoms with Crippen molar-refractivity contribution in [3.8, 4) is 11.3 Å². The van der Waals surface area contributed by atoms with Crippen molar-refractivity contribution in [2.24, 2.45) is 5.10 Å². The molecule has 9 heteroatoms. The van der Waals surface area contributed by atoms with Crippen molar-refractivity contribution in [1.29, 1.82) is 0 Å². The van der Waals surface area contributed by atoms with Crippen molar-refractivity contribution in [2.45, 2.75) is 6.92 Å². The first-order valence-corrected chi connectivity index (χ1v) is 8.97.